The molecular weight excluding hydrogens is 183 g/mol. The van der Waals surface area contributed by atoms with E-state index in [1.807, 2.05) is 0 Å². The maximum atomic E-state index is 13.0. The van der Waals surface area contributed by atoms with Crippen LogP contribution in [0.1, 0.15) is 15.9 Å². The zero-order valence-electron chi connectivity index (χ0n) is 6.27. The number of rotatable bonds is 1. The van der Waals surface area contributed by atoms with Gasteiger partial charge in [0.25, 0.3) is 0 Å². The molecule has 1 rings (SSSR count). The summed E-state index contributed by atoms with van der Waals surface area (Å²) in [6.07, 6.45) is 0. The zero-order valence-corrected chi connectivity index (χ0v) is 7.02. The Kier molecular flexibility index (Phi) is 2.33. The molecule has 1 aromatic carbocycles. The molecule has 64 valence electrons. The van der Waals surface area contributed by atoms with Crippen molar-refractivity contribution in [1.29, 1.82) is 0 Å². The van der Waals surface area contributed by atoms with Crippen LogP contribution in [-0.2, 0) is 0 Å². The fraction of sp³-hybridized carbons (Fsp3) is 0.125. The van der Waals surface area contributed by atoms with Gasteiger partial charge in [-0.15, -0.1) is 0 Å². The molecule has 0 radical (unpaired) electrons. The normalized spacial score (nSPS) is 9.92. The maximum absolute atomic E-state index is 13.0. The number of benzene rings is 1. The maximum Gasteiger partial charge on any atom is 0.338 e. The van der Waals surface area contributed by atoms with E-state index in [1.54, 1.807) is 6.92 Å². The van der Waals surface area contributed by atoms with E-state index in [2.05, 4.69) is 0 Å². The number of carbonyl (C=O) groups is 1. The first-order valence-electron chi connectivity index (χ1n) is 3.22. The van der Waals surface area contributed by atoms with Crippen LogP contribution in [0.5, 0.6) is 0 Å². The van der Waals surface area contributed by atoms with Gasteiger partial charge in [0.05, 0.1) is 10.6 Å². The predicted molar refractivity (Wildman–Crippen MR) is 43.1 cm³/mol. The molecule has 4 heteroatoms. The molecule has 0 aromatic heterocycles. The minimum Gasteiger partial charge on any atom is -0.478 e. The second kappa shape index (κ2) is 3.11. The van der Waals surface area contributed by atoms with Crippen molar-refractivity contribution in [2.75, 3.05) is 0 Å². The Morgan fingerprint density at radius 1 is 1.58 bits per heavy atom. The first-order valence-corrected chi connectivity index (χ1v) is 3.59. The molecule has 0 aliphatic rings. The quantitative estimate of drug-likeness (QED) is 0.735. The number of aromatic carboxylic acids is 1. The van der Waals surface area contributed by atoms with Crippen molar-refractivity contribution < 1.29 is 14.3 Å². The molecule has 0 fully saturated rings. The summed E-state index contributed by atoms with van der Waals surface area (Å²) in [5.41, 5.74) is 0.129. The lowest BCUT2D eigenvalue weighted by Gasteiger charge is -2.01. The van der Waals surface area contributed by atoms with E-state index < -0.39 is 17.3 Å². The van der Waals surface area contributed by atoms with Crippen LogP contribution in [0.15, 0.2) is 12.1 Å². The van der Waals surface area contributed by atoms with Crippen LogP contribution >= 0.6 is 11.6 Å². The third kappa shape index (κ3) is 1.41. The third-order valence-electron chi connectivity index (χ3n) is 1.51. The monoisotopic (exact) mass is 188 g/mol. The zero-order chi connectivity index (χ0) is 9.30. The summed E-state index contributed by atoms with van der Waals surface area (Å²) in [4.78, 5) is 10.4. The van der Waals surface area contributed by atoms with E-state index in [4.69, 9.17) is 16.7 Å². The summed E-state index contributed by atoms with van der Waals surface area (Å²) in [6, 6.07) is 2.66. The van der Waals surface area contributed by atoms with Gasteiger partial charge in [0, 0.05) is 0 Å². The standard InChI is InChI=1S/C8H6ClFO2/c1-4-2-3-5(8(11)12)7(10)6(4)9/h2-3H,1H3,(H,11,12). The SMILES string of the molecule is Cc1ccc(C(=O)O)c(F)c1Cl. The van der Waals surface area contributed by atoms with E-state index in [-0.39, 0.29) is 5.02 Å². The van der Waals surface area contributed by atoms with E-state index in [1.165, 1.54) is 12.1 Å². The predicted octanol–water partition coefficient (Wildman–Crippen LogP) is 2.49. The Bertz CT molecular complexity index is 336. The highest BCUT2D eigenvalue weighted by molar-refractivity contribution is 6.31. The van der Waals surface area contributed by atoms with Gasteiger partial charge in [-0.3, -0.25) is 0 Å². The first-order chi connectivity index (χ1) is 5.54. The second-order valence-electron chi connectivity index (χ2n) is 2.36. The van der Waals surface area contributed by atoms with Crippen LogP contribution in [-0.4, -0.2) is 11.1 Å². The summed E-state index contributed by atoms with van der Waals surface area (Å²) in [5.74, 6) is -2.18. The average Bonchev–Trinajstić information content (AvgIpc) is 2.00. The lowest BCUT2D eigenvalue weighted by molar-refractivity contribution is 0.0692. The highest BCUT2D eigenvalue weighted by atomic mass is 35.5. The van der Waals surface area contributed by atoms with Gasteiger partial charge in [0.1, 0.15) is 0 Å². The number of hydrogen-bond donors (Lipinski definition) is 1. The van der Waals surface area contributed by atoms with Crippen molar-refractivity contribution in [1.82, 2.24) is 0 Å². The van der Waals surface area contributed by atoms with Crippen molar-refractivity contribution >= 4 is 17.6 Å². The molecule has 0 saturated carbocycles. The van der Waals surface area contributed by atoms with Crippen molar-refractivity contribution in [3.8, 4) is 0 Å². The van der Waals surface area contributed by atoms with Gasteiger partial charge in [-0.05, 0) is 18.6 Å². The molecule has 0 aliphatic carbocycles. The Hall–Kier alpha value is -1.09. The molecular formula is C8H6ClFO2. The average molecular weight is 189 g/mol. The number of hydrogen-bond acceptors (Lipinski definition) is 1. The van der Waals surface area contributed by atoms with Gasteiger partial charge in [0.15, 0.2) is 5.82 Å². The molecule has 0 heterocycles. The highest BCUT2D eigenvalue weighted by Gasteiger charge is 2.14. The van der Waals surface area contributed by atoms with Gasteiger partial charge in [-0.25, -0.2) is 9.18 Å². The fourth-order valence-corrected chi connectivity index (χ4v) is 0.976. The summed E-state index contributed by atoms with van der Waals surface area (Å²) >= 11 is 5.49. The minimum atomic E-state index is -1.31. The molecule has 0 atom stereocenters. The van der Waals surface area contributed by atoms with Gasteiger partial charge in [-0.1, -0.05) is 17.7 Å². The van der Waals surface area contributed by atoms with Gasteiger partial charge in [-0.2, -0.15) is 0 Å². The smallest absolute Gasteiger partial charge is 0.338 e. The topological polar surface area (TPSA) is 37.3 Å². The minimum absolute atomic E-state index is 0.130. The van der Waals surface area contributed by atoms with E-state index in [0.717, 1.165) is 0 Å². The summed E-state index contributed by atoms with van der Waals surface area (Å²) < 4.78 is 13.0. The van der Waals surface area contributed by atoms with Crippen LogP contribution in [0.2, 0.25) is 5.02 Å². The van der Waals surface area contributed by atoms with Crippen molar-refractivity contribution in [2.45, 2.75) is 6.92 Å². The van der Waals surface area contributed by atoms with Crippen molar-refractivity contribution in [2.24, 2.45) is 0 Å². The third-order valence-corrected chi connectivity index (χ3v) is 1.97. The van der Waals surface area contributed by atoms with Crippen LogP contribution in [0.4, 0.5) is 4.39 Å². The highest BCUT2D eigenvalue weighted by Crippen LogP contribution is 2.22. The summed E-state index contributed by atoms with van der Waals surface area (Å²) in [6.45, 7) is 1.61. The largest absolute Gasteiger partial charge is 0.478 e. The Labute approximate surface area is 73.6 Å². The molecule has 0 amide bonds. The van der Waals surface area contributed by atoms with Crippen LogP contribution in [0.25, 0.3) is 0 Å². The van der Waals surface area contributed by atoms with E-state index in [0.29, 0.717) is 5.56 Å². The van der Waals surface area contributed by atoms with E-state index >= 15 is 0 Å². The van der Waals surface area contributed by atoms with E-state index in [9.17, 15) is 9.18 Å². The van der Waals surface area contributed by atoms with Crippen LogP contribution < -0.4 is 0 Å². The van der Waals surface area contributed by atoms with Crippen LogP contribution in [0.3, 0.4) is 0 Å². The number of halogens is 2. The first kappa shape index (κ1) is 9.00. The number of carboxylic acids is 1. The molecule has 0 aliphatic heterocycles. The summed E-state index contributed by atoms with van der Waals surface area (Å²) in [7, 11) is 0. The second-order valence-corrected chi connectivity index (χ2v) is 2.74. The van der Waals surface area contributed by atoms with Crippen molar-refractivity contribution in [3.05, 3.63) is 34.1 Å². The molecule has 1 aromatic rings. The molecule has 0 unspecified atom stereocenters. The molecule has 1 N–H and O–H groups in total. The van der Waals surface area contributed by atoms with Crippen molar-refractivity contribution in [3.63, 3.8) is 0 Å². The molecule has 0 bridgehead atoms. The van der Waals surface area contributed by atoms with Gasteiger partial charge >= 0.3 is 5.97 Å². The van der Waals surface area contributed by atoms with Gasteiger partial charge in [0.2, 0.25) is 0 Å². The number of carboxylic acid groups (broad SMARTS) is 1. The molecule has 0 saturated heterocycles. The fourth-order valence-electron chi connectivity index (χ4n) is 0.811. The number of aryl methyl sites for hydroxylation is 1. The molecule has 2 nitrogen and oxygen atoms in total. The Morgan fingerprint density at radius 3 is 2.67 bits per heavy atom. The van der Waals surface area contributed by atoms with Crippen LogP contribution in [0, 0.1) is 12.7 Å². The Morgan fingerprint density at radius 2 is 2.17 bits per heavy atom. The Balaban J connectivity index is 3.36. The molecule has 12 heavy (non-hydrogen) atoms. The van der Waals surface area contributed by atoms with Gasteiger partial charge < -0.3 is 5.11 Å². The lowest BCUT2D eigenvalue weighted by atomic mass is 10.1. The summed E-state index contributed by atoms with van der Waals surface area (Å²) in [5, 5.41) is 8.35. The molecule has 0 spiro atoms. The lowest BCUT2D eigenvalue weighted by Crippen LogP contribution is -2.01.